The van der Waals surface area contributed by atoms with Gasteiger partial charge in [0.25, 0.3) is 0 Å². The molecule has 0 atom stereocenters. The van der Waals surface area contributed by atoms with Crippen molar-refractivity contribution < 1.29 is 4.74 Å². The highest BCUT2D eigenvalue weighted by atomic mass is 35.5. The van der Waals surface area contributed by atoms with Crippen LogP contribution < -0.4 is 5.69 Å². The van der Waals surface area contributed by atoms with Gasteiger partial charge in [0.2, 0.25) is 0 Å². The summed E-state index contributed by atoms with van der Waals surface area (Å²) >= 11 is 5.67. The fraction of sp³-hybridized carbons (Fsp3) is 0.471. The number of allylic oxidation sites excluding steroid dienone is 2. The summed E-state index contributed by atoms with van der Waals surface area (Å²) < 4.78 is 9.05. The van der Waals surface area contributed by atoms with Crippen LogP contribution in [0.5, 0.6) is 0 Å². The van der Waals surface area contributed by atoms with E-state index >= 15 is 0 Å². The van der Waals surface area contributed by atoms with E-state index < -0.39 is 0 Å². The van der Waals surface area contributed by atoms with Crippen molar-refractivity contribution in [3.63, 3.8) is 0 Å². The highest BCUT2D eigenvalue weighted by molar-refractivity contribution is 6.18. The Labute approximate surface area is 140 Å². The van der Waals surface area contributed by atoms with Crippen molar-refractivity contribution in [1.29, 1.82) is 0 Å². The molecule has 2 aromatic rings. The van der Waals surface area contributed by atoms with Crippen molar-refractivity contribution in [3.05, 3.63) is 46.9 Å². The van der Waals surface area contributed by atoms with Gasteiger partial charge in [-0.2, -0.15) is 0 Å². The van der Waals surface area contributed by atoms with Gasteiger partial charge >= 0.3 is 5.69 Å². The Morgan fingerprint density at radius 1 is 1.04 bits per heavy atom. The molecule has 0 amide bonds. The number of imidazole rings is 1. The topological polar surface area (TPSA) is 39.4 Å². The van der Waals surface area contributed by atoms with Crippen LogP contribution >= 0.6 is 11.6 Å². The summed E-state index contributed by atoms with van der Waals surface area (Å²) in [5.41, 5.74) is 2.00. The third-order valence-corrected chi connectivity index (χ3v) is 4.39. The Kier molecular flexibility index (Phi) is 5.54. The van der Waals surface area contributed by atoms with Gasteiger partial charge in [-0.05, 0) is 12.1 Å². The number of hydrogen-bond donors (Lipinski definition) is 0. The van der Waals surface area contributed by atoms with Crippen molar-refractivity contribution >= 4 is 22.6 Å². The minimum atomic E-state index is 0.0404. The molecular formula is C17H22ClN3O2. The first-order chi connectivity index (χ1) is 11.3. The molecule has 5 nitrogen and oxygen atoms in total. The molecular weight excluding hydrogens is 314 g/mol. The molecule has 0 N–H and O–H groups in total. The van der Waals surface area contributed by atoms with Crippen LogP contribution in [0.3, 0.4) is 0 Å². The normalized spacial score (nSPS) is 16.6. The molecule has 1 aromatic carbocycles. The Hall–Kier alpha value is -1.56. The Bertz CT molecular complexity index is 729. The van der Waals surface area contributed by atoms with E-state index in [1.165, 1.54) is 0 Å². The van der Waals surface area contributed by atoms with Crippen LogP contribution in [0.1, 0.15) is 0 Å². The number of nitrogens with zero attached hydrogens (tertiary/aromatic N) is 3. The second-order valence-corrected chi connectivity index (χ2v) is 5.92. The van der Waals surface area contributed by atoms with Gasteiger partial charge in [0.1, 0.15) is 0 Å². The van der Waals surface area contributed by atoms with E-state index in [0.717, 1.165) is 43.9 Å². The van der Waals surface area contributed by atoms with Gasteiger partial charge < -0.3 is 4.74 Å². The van der Waals surface area contributed by atoms with Crippen LogP contribution in [0.15, 0.2) is 41.2 Å². The van der Waals surface area contributed by atoms with Crippen molar-refractivity contribution in [2.45, 2.75) is 13.1 Å². The summed E-state index contributed by atoms with van der Waals surface area (Å²) in [6.07, 6.45) is 3.81. The summed E-state index contributed by atoms with van der Waals surface area (Å²) in [6.45, 7) is 5.55. The fourth-order valence-corrected chi connectivity index (χ4v) is 3.10. The first kappa shape index (κ1) is 16.3. The van der Waals surface area contributed by atoms with E-state index in [4.69, 9.17) is 16.3 Å². The van der Waals surface area contributed by atoms with Gasteiger partial charge in [0.05, 0.1) is 24.2 Å². The number of ether oxygens (including phenoxy) is 1. The van der Waals surface area contributed by atoms with E-state index in [9.17, 15) is 4.79 Å². The van der Waals surface area contributed by atoms with E-state index in [1.54, 1.807) is 4.57 Å². The lowest BCUT2D eigenvalue weighted by Gasteiger charge is -2.26. The van der Waals surface area contributed by atoms with Crippen LogP contribution in [-0.4, -0.2) is 52.8 Å². The van der Waals surface area contributed by atoms with Gasteiger partial charge in [-0.15, -0.1) is 11.6 Å². The lowest BCUT2D eigenvalue weighted by molar-refractivity contribution is 0.0364. The number of morpholine rings is 1. The average Bonchev–Trinajstić information content (AvgIpc) is 2.86. The molecule has 2 heterocycles. The van der Waals surface area contributed by atoms with Crippen molar-refractivity contribution in [3.8, 4) is 0 Å². The van der Waals surface area contributed by atoms with E-state index in [2.05, 4.69) is 4.90 Å². The Balaban J connectivity index is 1.85. The molecule has 0 spiro atoms. The highest BCUT2D eigenvalue weighted by Crippen LogP contribution is 2.13. The molecule has 0 unspecified atom stereocenters. The molecule has 124 valence electrons. The van der Waals surface area contributed by atoms with Crippen LogP contribution in [0.2, 0.25) is 0 Å². The quantitative estimate of drug-likeness (QED) is 0.598. The molecule has 3 rings (SSSR count). The zero-order valence-electron chi connectivity index (χ0n) is 13.2. The van der Waals surface area contributed by atoms with Crippen molar-refractivity contribution in [2.24, 2.45) is 0 Å². The number of fused-ring (bicyclic) bond motifs is 1. The molecule has 1 aromatic heterocycles. The zero-order chi connectivity index (χ0) is 16.1. The molecule has 6 heteroatoms. The van der Waals surface area contributed by atoms with Gasteiger partial charge in [-0.25, -0.2) is 4.79 Å². The van der Waals surface area contributed by atoms with Gasteiger partial charge in [-0.1, -0.05) is 24.3 Å². The predicted octanol–water partition coefficient (Wildman–Crippen LogP) is 1.93. The van der Waals surface area contributed by atoms with Gasteiger partial charge in [-0.3, -0.25) is 14.0 Å². The van der Waals surface area contributed by atoms with Gasteiger partial charge in [0, 0.05) is 38.6 Å². The number of benzene rings is 1. The molecule has 1 fully saturated rings. The molecule has 0 aliphatic carbocycles. The predicted molar refractivity (Wildman–Crippen MR) is 93.3 cm³/mol. The molecule has 1 saturated heterocycles. The Morgan fingerprint density at radius 3 is 2.43 bits per heavy atom. The number of rotatable bonds is 6. The van der Waals surface area contributed by atoms with Crippen LogP contribution in [0.25, 0.3) is 11.0 Å². The van der Waals surface area contributed by atoms with Crippen LogP contribution in [0, 0.1) is 0 Å². The van der Waals surface area contributed by atoms with E-state index in [-0.39, 0.29) is 5.69 Å². The maximum Gasteiger partial charge on any atom is 0.329 e. The van der Waals surface area contributed by atoms with Crippen LogP contribution in [0.4, 0.5) is 0 Å². The summed E-state index contributed by atoms with van der Waals surface area (Å²) in [4.78, 5) is 15.1. The molecule has 0 saturated carbocycles. The minimum Gasteiger partial charge on any atom is -0.379 e. The summed E-state index contributed by atoms with van der Waals surface area (Å²) in [6, 6.07) is 7.95. The smallest absolute Gasteiger partial charge is 0.329 e. The average molecular weight is 336 g/mol. The largest absolute Gasteiger partial charge is 0.379 e. The lowest BCUT2D eigenvalue weighted by Crippen LogP contribution is -2.39. The van der Waals surface area contributed by atoms with Crippen molar-refractivity contribution in [2.75, 3.05) is 38.7 Å². The highest BCUT2D eigenvalue weighted by Gasteiger charge is 2.14. The summed E-state index contributed by atoms with van der Waals surface area (Å²) in [5, 5.41) is 0. The third-order valence-electron chi connectivity index (χ3n) is 4.21. The molecule has 23 heavy (non-hydrogen) atoms. The second kappa shape index (κ2) is 7.81. The second-order valence-electron chi connectivity index (χ2n) is 5.61. The van der Waals surface area contributed by atoms with E-state index in [0.29, 0.717) is 19.0 Å². The van der Waals surface area contributed by atoms with Crippen LogP contribution in [-0.2, 0) is 17.8 Å². The minimum absolute atomic E-state index is 0.0404. The lowest BCUT2D eigenvalue weighted by atomic mass is 10.3. The monoisotopic (exact) mass is 335 g/mol. The maximum atomic E-state index is 12.8. The zero-order valence-corrected chi connectivity index (χ0v) is 13.9. The Morgan fingerprint density at radius 2 is 1.74 bits per heavy atom. The SMILES string of the molecule is O=c1n(C/C=C/CCl)c2ccccc2n1CCN1CCOCC1. The third kappa shape index (κ3) is 3.68. The number of aromatic nitrogens is 2. The number of hydrogen-bond acceptors (Lipinski definition) is 3. The van der Waals surface area contributed by atoms with Crippen molar-refractivity contribution in [1.82, 2.24) is 14.0 Å². The first-order valence-corrected chi connectivity index (χ1v) is 8.54. The number of halogens is 1. The van der Waals surface area contributed by atoms with E-state index in [1.807, 2.05) is 41.0 Å². The molecule has 1 aliphatic rings. The molecule has 0 radical (unpaired) electrons. The summed E-state index contributed by atoms with van der Waals surface area (Å²) in [7, 11) is 0. The molecule has 1 aliphatic heterocycles. The standard InChI is InChI=1S/C17H22ClN3O2/c18-7-3-4-8-20-15-5-1-2-6-16(15)21(17(20)22)10-9-19-11-13-23-14-12-19/h1-6H,7-14H2/b4-3+. The summed E-state index contributed by atoms with van der Waals surface area (Å²) in [5.74, 6) is 0.463. The molecule has 0 bridgehead atoms. The number of para-hydroxylation sites is 2. The first-order valence-electron chi connectivity index (χ1n) is 8.00. The maximum absolute atomic E-state index is 12.8. The van der Waals surface area contributed by atoms with Gasteiger partial charge in [0.15, 0.2) is 0 Å². The number of alkyl halides is 1. The fourth-order valence-electron chi connectivity index (χ4n) is 2.97.